The van der Waals surface area contributed by atoms with Crippen LogP contribution in [0, 0.1) is 5.92 Å². The van der Waals surface area contributed by atoms with Crippen LogP contribution in [0.4, 0.5) is 0 Å². The molecular formula is C13H23N3O2S. The van der Waals surface area contributed by atoms with Crippen LogP contribution in [0.5, 0.6) is 0 Å². The first-order valence-electron chi connectivity index (χ1n) is 6.95. The van der Waals surface area contributed by atoms with Crippen molar-refractivity contribution in [2.45, 2.75) is 56.5 Å². The van der Waals surface area contributed by atoms with E-state index in [1.807, 2.05) is 0 Å². The molecule has 1 aromatic rings. The second kappa shape index (κ2) is 6.07. The minimum atomic E-state index is -3.41. The highest BCUT2D eigenvalue weighted by molar-refractivity contribution is 7.89. The Balaban J connectivity index is 1.98. The highest BCUT2D eigenvalue weighted by atomic mass is 32.2. The zero-order valence-electron chi connectivity index (χ0n) is 11.4. The molecule has 0 amide bonds. The van der Waals surface area contributed by atoms with Crippen LogP contribution in [0.1, 0.15) is 44.7 Å². The average molecular weight is 285 g/mol. The molecule has 1 aliphatic carbocycles. The molecule has 108 valence electrons. The Morgan fingerprint density at radius 2 is 2.05 bits per heavy atom. The first-order chi connectivity index (χ1) is 9.05. The number of sulfonamides is 1. The van der Waals surface area contributed by atoms with E-state index in [2.05, 4.69) is 16.6 Å². The van der Waals surface area contributed by atoms with Gasteiger partial charge in [0.25, 0.3) is 0 Å². The normalized spacial score (nSPS) is 24.5. The number of hydrogen-bond donors (Lipinski definition) is 3. The van der Waals surface area contributed by atoms with Gasteiger partial charge < -0.3 is 10.7 Å². The van der Waals surface area contributed by atoms with Gasteiger partial charge in [-0.3, -0.25) is 0 Å². The fourth-order valence-electron chi connectivity index (χ4n) is 2.67. The lowest BCUT2D eigenvalue weighted by Crippen LogP contribution is -2.37. The Labute approximate surface area is 115 Å². The molecule has 1 heterocycles. The number of nitrogens with two attached hydrogens (primary N) is 1. The Bertz CT molecular complexity index is 502. The smallest absolute Gasteiger partial charge is 0.242 e. The molecule has 5 nitrogen and oxygen atoms in total. The molecule has 1 fully saturated rings. The van der Waals surface area contributed by atoms with Crippen LogP contribution in [-0.4, -0.2) is 19.4 Å². The highest BCUT2D eigenvalue weighted by Gasteiger charge is 2.25. The summed E-state index contributed by atoms with van der Waals surface area (Å²) in [5, 5.41) is 0. The van der Waals surface area contributed by atoms with E-state index in [4.69, 9.17) is 5.73 Å². The number of hydrogen-bond acceptors (Lipinski definition) is 3. The third-order valence-electron chi connectivity index (χ3n) is 3.99. The molecule has 0 aliphatic heterocycles. The van der Waals surface area contributed by atoms with E-state index in [1.54, 1.807) is 6.07 Å². The predicted molar refractivity (Wildman–Crippen MR) is 75.0 cm³/mol. The maximum atomic E-state index is 12.2. The van der Waals surface area contributed by atoms with Crippen LogP contribution >= 0.6 is 0 Å². The van der Waals surface area contributed by atoms with Crippen LogP contribution in [0.2, 0.25) is 0 Å². The predicted octanol–water partition coefficient (Wildman–Crippen LogP) is 1.72. The van der Waals surface area contributed by atoms with Gasteiger partial charge in [-0.2, -0.15) is 0 Å². The van der Waals surface area contributed by atoms with Gasteiger partial charge in [-0.05, 0) is 37.7 Å². The molecule has 0 aromatic carbocycles. The van der Waals surface area contributed by atoms with Crippen LogP contribution in [0.15, 0.2) is 17.2 Å². The lowest BCUT2D eigenvalue weighted by Gasteiger charge is -2.28. The van der Waals surface area contributed by atoms with E-state index in [0.717, 1.165) is 37.3 Å². The Hall–Kier alpha value is -0.850. The maximum Gasteiger partial charge on any atom is 0.242 e. The van der Waals surface area contributed by atoms with Crippen molar-refractivity contribution in [3.63, 3.8) is 0 Å². The SMILES string of the molecule is CCC1CCC(NS(=O)(=O)c2c[nH]c(CN)c2)CC1. The summed E-state index contributed by atoms with van der Waals surface area (Å²) in [7, 11) is -3.41. The zero-order chi connectivity index (χ0) is 13.9. The molecule has 1 aliphatic rings. The second-order valence-corrected chi connectivity index (χ2v) is 7.03. The molecule has 0 atom stereocenters. The van der Waals surface area contributed by atoms with Crippen molar-refractivity contribution in [2.75, 3.05) is 0 Å². The van der Waals surface area contributed by atoms with Gasteiger partial charge in [-0.25, -0.2) is 13.1 Å². The summed E-state index contributed by atoms with van der Waals surface area (Å²) in [6.07, 6.45) is 6.80. The molecule has 6 heteroatoms. The molecule has 0 bridgehead atoms. The lowest BCUT2D eigenvalue weighted by atomic mass is 9.85. The van der Waals surface area contributed by atoms with Gasteiger partial charge >= 0.3 is 0 Å². The monoisotopic (exact) mass is 285 g/mol. The zero-order valence-corrected chi connectivity index (χ0v) is 12.2. The van der Waals surface area contributed by atoms with Gasteiger partial charge in [-0.1, -0.05) is 13.3 Å². The molecule has 4 N–H and O–H groups in total. The minimum absolute atomic E-state index is 0.0732. The Morgan fingerprint density at radius 1 is 1.37 bits per heavy atom. The van der Waals surface area contributed by atoms with E-state index < -0.39 is 10.0 Å². The summed E-state index contributed by atoms with van der Waals surface area (Å²) in [6, 6.07) is 1.67. The molecule has 2 rings (SSSR count). The standard InChI is InChI=1S/C13H23N3O2S/c1-2-10-3-5-11(6-4-10)16-19(17,18)13-7-12(8-14)15-9-13/h7,9-11,15-16H,2-6,8,14H2,1H3. The summed E-state index contributed by atoms with van der Waals surface area (Å²) in [6.45, 7) is 2.51. The van der Waals surface area contributed by atoms with E-state index in [9.17, 15) is 8.42 Å². The van der Waals surface area contributed by atoms with Crippen molar-refractivity contribution >= 4 is 10.0 Å². The maximum absolute atomic E-state index is 12.2. The van der Waals surface area contributed by atoms with Crippen molar-refractivity contribution in [1.29, 1.82) is 0 Å². The summed E-state index contributed by atoms with van der Waals surface area (Å²) >= 11 is 0. The minimum Gasteiger partial charge on any atom is -0.363 e. The van der Waals surface area contributed by atoms with E-state index in [-0.39, 0.29) is 10.9 Å². The number of H-pyrrole nitrogens is 1. The third-order valence-corrected chi connectivity index (χ3v) is 5.49. The number of aromatic nitrogens is 1. The van der Waals surface area contributed by atoms with Gasteiger partial charge in [0.15, 0.2) is 0 Å². The largest absolute Gasteiger partial charge is 0.363 e. The van der Waals surface area contributed by atoms with Gasteiger partial charge in [0.2, 0.25) is 10.0 Å². The van der Waals surface area contributed by atoms with Crippen LogP contribution in [-0.2, 0) is 16.6 Å². The Morgan fingerprint density at radius 3 is 2.58 bits per heavy atom. The van der Waals surface area contributed by atoms with Crippen LogP contribution in [0.25, 0.3) is 0 Å². The van der Waals surface area contributed by atoms with Crippen molar-refractivity contribution < 1.29 is 8.42 Å². The molecule has 0 unspecified atom stereocenters. The topological polar surface area (TPSA) is 88.0 Å². The summed E-state index contributed by atoms with van der Waals surface area (Å²) in [5.41, 5.74) is 6.21. The lowest BCUT2D eigenvalue weighted by molar-refractivity contribution is 0.306. The number of aromatic amines is 1. The van der Waals surface area contributed by atoms with E-state index >= 15 is 0 Å². The fraction of sp³-hybridized carbons (Fsp3) is 0.692. The molecular weight excluding hydrogens is 262 g/mol. The summed E-state index contributed by atoms with van der Waals surface area (Å²) in [5.74, 6) is 0.761. The molecule has 0 radical (unpaired) electrons. The molecule has 1 saturated carbocycles. The molecule has 1 aromatic heterocycles. The quantitative estimate of drug-likeness (QED) is 0.769. The second-order valence-electron chi connectivity index (χ2n) is 5.31. The van der Waals surface area contributed by atoms with Crippen molar-refractivity contribution in [3.8, 4) is 0 Å². The van der Waals surface area contributed by atoms with Gasteiger partial charge in [0.05, 0.1) is 4.90 Å². The summed E-state index contributed by atoms with van der Waals surface area (Å²) in [4.78, 5) is 3.15. The number of nitrogens with one attached hydrogen (secondary N) is 2. The van der Waals surface area contributed by atoms with E-state index in [1.165, 1.54) is 12.6 Å². The van der Waals surface area contributed by atoms with Gasteiger partial charge in [0, 0.05) is 24.5 Å². The van der Waals surface area contributed by atoms with Gasteiger partial charge in [0.1, 0.15) is 0 Å². The van der Waals surface area contributed by atoms with Crippen LogP contribution in [0.3, 0.4) is 0 Å². The first-order valence-corrected chi connectivity index (χ1v) is 8.43. The summed E-state index contributed by atoms with van der Waals surface area (Å²) < 4.78 is 27.2. The van der Waals surface area contributed by atoms with Crippen molar-refractivity contribution in [3.05, 3.63) is 18.0 Å². The molecule has 0 saturated heterocycles. The molecule has 0 spiro atoms. The Kier molecular flexibility index (Phi) is 4.65. The third kappa shape index (κ3) is 3.58. The molecule has 19 heavy (non-hydrogen) atoms. The van der Waals surface area contributed by atoms with Gasteiger partial charge in [-0.15, -0.1) is 0 Å². The number of rotatable bonds is 5. The highest BCUT2D eigenvalue weighted by Crippen LogP contribution is 2.27. The van der Waals surface area contributed by atoms with Crippen molar-refractivity contribution in [1.82, 2.24) is 9.71 Å². The van der Waals surface area contributed by atoms with Crippen LogP contribution < -0.4 is 10.5 Å². The van der Waals surface area contributed by atoms with Crippen molar-refractivity contribution in [2.24, 2.45) is 11.7 Å². The average Bonchev–Trinajstić information content (AvgIpc) is 2.89. The first kappa shape index (κ1) is 14.6. The fourth-order valence-corrected chi connectivity index (χ4v) is 3.99. The van der Waals surface area contributed by atoms with E-state index in [0.29, 0.717) is 6.54 Å².